The van der Waals surface area contributed by atoms with Gasteiger partial charge in [0.05, 0.1) is 38.1 Å². The molecule has 0 radical (unpaired) electrons. The first kappa shape index (κ1) is 25.4. The molecule has 3 rings (SSSR count). The topological polar surface area (TPSA) is 71.2 Å². The Balaban J connectivity index is 1.89. The summed E-state index contributed by atoms with van der Waals surface area (Å²) in [6, 6.07) is 6.61. The van der Waals surface area contributed by atoms with E-state index in [0.29, 0.717) is 69.1 Å². The number of aromatic nitrogens is 1. The number of aliphatic hydroxyl groups is 1. The van der Waals surface area contributed by atoms with E-state index in [0.717, 1.165) is 18.5 Å². The van der Waals surface area contributed by atoms with Crippen LogP contribution in [0.3, 0.4) is 0 Å². The second-order valence-electron chi connectivity index (χ2n) is 8.79. The lowest BCUT2D eigenvalue weighted by molar-refractivity contribution is 0.0237. The summed E-state index contributed by atoms with van der Waals surface area (Å²) in [5.41, 5.74) is 1.74. The lowest BCUT2D eigenvalue weighted by Crippen LogP contribution is -2.38. The van der Waals surface area contributed by atoms with Crippen molar-refractivity contribution in [1.82, 2.24) is 10.1 Å². The van der Waals surface area contributed by atoms with Gasteiger partial charge in [0.1, 0.15) is 11.5 Å². The molecule has 1 aromatic carbocycles. The predicted molar refractivity (Wildman–Crippen MR) is 127 cm³/mol. The lowest BCUT2D eigenvalue weighted by Gasteiger charge is -2.29. The predicted octanol–water partition coefficient (Wildman–Crippen LogP) is 3.73. The van der Waals surface area contributed by atoms with E-state index in [9.17, 15) is 9.50 Å². The van der Waals surface area contributed by atoms with Crippen molar-refractivity contribution in [2.45, 2.75) is 32.9 Å². The smallest absolute Gasteiger partial charge is 0.232 e. The number of rotatable bonds is 13. The Kier molecular flexibility index (Phi) is 9.87. The molecule has 1 atom stereocenters. The SMILES string of the molecule is C=CCOCC(O)CN(CCC(C)C)Cc1c(-c2ccccc2F)noc1N1CCOCC1. The molecule has 7 nitrogen and oxygen atoms in total. The van der Waals surface area contributed by atoms with Crippen LogP contribution in [0.4, 0.5) is 10.3 Å². The van der Waals surface area contributed by atoms with E-state index in [-0.39, 0.29) is 12.4 Å². The number of hydrogen-bond acceptors (Lipinski definition) is 7. The molecule has 1 aliphatic heterocycles. The molecular weight excluding hydrogens is 425 g/mol. The maximum atomic E-state index is 14.7. The van der Waals surface area contributed by atoms with Gasteiger partial charge in [-0.3, -0.25) is 4.90 Å². The van der Waals surface area contributed by atoms with Crippen molar-refractivity contribution in [3.8, 4) is 11.3 Å². The van der Waals surface area contributed by atoms with Crippen LogP contribution in [0.1, 0.15) is 25.8 Å². The monoisotopic (exact) mass is 461 g/mol. The molecular formula is C25H36FN3O4. The molecule has 1 N–H and O–H groups in total. The zero-order valence-electron chi connectivity index (χ0n) is 19.7. The van der Waals surface area contributed by atoms with E-state index >= 15 is 0 Å². The number of nitrogens with zero attached hydrogens (tertiary/aromatic N) is 3. The molecule has 2 aromatic rings. The van der Waals surface area contributed by atoms with Crippen molar-refractivity contribution >= 4 is 5.88 Å². The first-order valence-corrected chi connectivity index (χ1v) is 11.6. The van der Waals surface area contributed by atoms with E-state index in [1.54, 1.807) is 24.3 Å². The summed E-state index contributed by atoms with van der Waals surface area (Å²) >= 11 is 0. The summed E-state index contributed by atoms with van der Waals surface area (Å²) in [6.45, 7) is 12.9. The zero-order valence-corrected chi connectivity index (χ0v) is 19.7. The van der Waals surface area contributed by atoms with Gasteiger partial charge in [0.15, 0.2) is 0 Å². The maximum absolute atomic E-state index is 14.7. The average Bonchev–Trinajstić information content (AvgIpc) is 3.21. The normalized spacial score (nSPS) is 15.4. The second kappa shape index (κ2) is 12.8. The van der Waals surface area contributed by atoms with E-state index in [1.807, 2.05) is 0 Å². The molecule has 1 aromatic heterocycles. The fraction of sp³-hybridized carbons (Fsp3) is 0.560. The van der Waals surface area contributed by atoms with Crippen molar-refractivity contribution in [2.75, 3.05) is 57.5 Å². The Morgan fingerprint density at radius 1 is 1.30 bits per heavy atom. The summed E-state index contributed by atoms with van der Waals surface area (Å²) < 4.78 is 31.4. The number of aliphatic hydroxyl groups excluding tert-OH is 1. The third-order valence-electron chi connectivity index (χ3n) is 5.61. The zero-order chi connectivity index (χ0) is 23.6. The molecule has 1 saturated heterocycles. The van der Waals surface area contributed by atoms with Gasteiger partial charge >= 0.3 is 0 Å². The van der Waals surface area contributed by atoms with Crippen molar-refractivity contribution in [3.05, 3.63) is 48.3 Å². The van der Waals surface area contributed by atoms with E-state index < -0.39 is 6.10 Å². The van der Waals surface area contributed by atoms with Crippen LogP contribution in [0.15, 0.2) is 41.4 Å². The Hall–Kier alpha value is -2.26. The number of hydrogen-bond donors (Lipinski definition) is 1. The highest BCUT2D eigenvalue weighted by atomic mass is 19.1. The van der Waals surface area contributed by atoms with Crippen LogP contribution in [-0.2, 0) is 16.0 Å². The molecule has 1 aliphatic rings. The molecule has 0 aliphatic carbocycles. The molecule has 8 heteroatoms. The summed E-state index contributed by atoms with van der Waals surface area (Å²) in [5.74, 6) is 0.810. The fourth-order valence-corrected chi connectivity index (χ4v) is 3.86. The third kappa shape index (κ3) is 7.37. The highest BCUT2D eigenvalue weighted by molar-refractivity contribution is 5.68. The molecule has 1 unspecified atom stereocenters. The van der Waals surface area contributed by atoms with Crippen LogP contribution in [0.25, 0.3) is 11.3 Å². The standard InChI is InChI=1S/C25H36FN3O4/c1-4-13-32-18-20(30)16-28(10-9-19(2)3)17-22-24(21-7-5-6-8-23(21)26)27-33-25(22)29-11-14-31-15-12-29/h4-8,19-20,30H,1,9-18H2,2-3H3. The quantitative estimate of drug-likeness (QED) is 0.360. The van der Waals surface area contributed by atoms with Gasteiger partial charge in [-0.05, 0) is 31.0 Å². The van der Waals surface area contributed by atoms with Crippen LogP contribution < -0.4 is 4.90 Å². The van der Waals surface area contributed by atoms with Gasteiger partial charge in [0.25, 0.3) is 0 Å². The van der Waals surface area contributed by atoms with Crippen molar-refractivity contribution in [2.24, 2.45) is 5.92 Å². The first-order chi connectivity index (χ1) is 16.0. The largest absolute Gasteiger partial charge is 0.389 e. The Morgan fingerprint density at radius 2 is 2.06 bits per heavy atom. The van der Waals surface area contributed by atoms with Crippen LogP contribution >= 0.6 is 0 Å². The van der Waals surface area contributed by atoms with Gasteiger partial charge in [-0.1, -0.05) is 37.2 Å². The van der Waals surface area contributed by atoms with Gasteiger partial charge in [-0.25, -0.2) is 4.39 Å². The van der Waals surface area contributed by atoms with Gasteiger partial charge in [0.2, 0.25) is 5.88 Å². The number of anilines is 1. The fourth-order valence-electron chi connectivity index (χ4n) is 3.86. The van der Waals surface area contributed by atoms with Crippen molar-refractivity contribution in [1.29, 1.82) is 0 Å². The Morgan fingerprint density at radius 3 is 2.76 bits per heavy atom. The van der Waals surface area contributed by atoms with E-state index in [1.165, 1.54) is 6.07 Å². The lowest BCUT2D eigenvalue weighted by atomic mass is 10.0. The number of morpholine rings is 1. The molecule has 1 fully saturated rings. The molecule has 0 amide bonds. The van der Waals surface area contributed by atoms with Gasteiger partial charge in [0, 0.05) is 31.7 Å². The highest BCUT2D eigenvalue weighted by Crippen LogP contribution is 2.34. The van der Waals surface area contributed by atoms with Crippen molar-refractivity contribution in [3.63, 3.8) is 0 Å². The third-order valence-corrected chi connectivity index (χ3v) is 5.61. The summed E-state index contributed by atoms with van der Waals surface area (Å²) in [4.78, 5) is 4.27. The highest BCUT2D eigenvalue weighted by Gasteiger charge is 2.27. The van der Waals surface area contributed by atoms with Gasteiger partial charge in [-0.2, -0.15) is 0 Å². The van der Waals surface area contributed by atoms with Crippen LogP contribution in [0, 0.1) is 11.7 Å². The number of benzene rings is 1. The van der Waals surface area contributed by atoms with Crippen LogP contribution in [0.5, 0.6) is 0 Å². The van der Waals surface area contributed by atoms with Crippen molar-refractivity contribution < 1.29 is 23.5 Å². The van der Waals surface area contributed by atoms with Crippen LogP contribution in [-0.4, -0.2) is 73.9 Å². The molecule has 33 heavy (non-hydrogen) atoms. The summed E-state index contributed by atoms with van der Waals surface area (Å²) in [5, 5.41) is 14.8. The van der Waals surface area contributed by atoms with E-state index in [4.69, 9.17) is 14.0 Å². The molecule has 0 saturated carbocycles. The Labute approximate surface area is 195 Å². The minimum Gasteiger partial charge on any atom is -0.389 e. The minimum atomic E-state index is -0.652. The van der Waals surface area contributed by atoms with Crippen LogP contribution in [0.2, 0.25) is 0 Å². The molecule has 182 valence electrons. The maximum Gasteiger partial charge on any atom is 0.232 e. The number of ether oxygens (including phenoxy) is 2. The minimum absolute atomic E-state index is 0.227. The van der Waals surface area contributed by atoms with Gasteiger partial charge < -0.3 is 24.0 Å². The van der Waals surface area contributed by atoms with Gasteiger partial charge in [-0.15, -0.1) is 6.58 Å². The molecule has 0 bridgehead atoms. The summed E-state index contributed by atoms with van der Waals surface area (Å²) in [6.07, 6.45) is 1.98. The summed E-state index contributed by atoms with van der Waals surface area (Å²) in [7, 11) is 0. The second-order valence-corrected chi connectivity index (χ2v) is 8.79. The number of halogens is 1. The Bertz CT molecular complexity index is 867. The first-order valence-electron chi connectivity index (χ1n) is 11.6. The van der Waals surface area contributed by atoms with E-state index in [2.05, 4.69) is 35.4 Å². The molecule has 0 spiro atoms. The molecule has 2 heterocycles. The average molecular weight is 462 g/mol.